The summed E-state index contributed by atoms with van der Waals surface area (Å²) in [6, 6.07) is 1.49. The van der Waals surface area contributed by atoms with Crippen molar-refractivity contribution in [1.82, 2.24) is 9.97 Å². The molecule has 13 heavy (non-hydrogen) atoms. The molecule has 0 saturated carbocycles. The molecule has 2 aromatic rings. The molecular formula is C8H5ClN2O2. The summed E-state index contributed by atoms with van der Waals surface area (Å²) in [5, 5.41) is 9.78. The quantitative estimate of drug-likeness (QED) is 0.732. The molecule has 2 N–H and O–H groups in total. The fourth-order valence-electron chi connectivity index (χ4n) is 1.09. The summed E-state index contributed by atoms with van der Waals surface area (Å²) in [5.41, 5.74) is 0.726. The third-order valence-electron chi connectivity index (χ3n) is 1.73. The number of aromatic amines is 1. The summed E-state index contributed by atoms with van der Waals surface area (Å²) in [5.74, 6) is -1.01. The van der Waals surface area contributed by atoms with Gasteiger partial charge in [-0.15, -0.1) is 0 Å². The minimum atomic E-state index is -1.01. The van der Waals surface area contributed by atoms with Gasteiger partial charge in [0.05, 0.1) is 10.6 Å². The second-order valence-electron chi connectivity index (χ2n) is 2.56. The smallest absolute Gasteiger partial charge is 0.337 e. The third-order valence-corrected chi connectivity index (χ3v) is 2.04. The SMILES string of the molecule is O=C(O)c1cnc2[nH]cc(Cl)c2c1. The van der Waals surface area contributed by atoms with Crippen LogP contribution >= 0.6 is 11.6 Å². The minimum Gasteiger partial charge on any atom is -0.478 e. The van der Waals surface area contributed by atoms with Gasteiger partial charge in [-0.05, 0) is 6.07 Å². The molecule has 0 radical (unpaired) electrons. The van der Waals surface area contributed by atoms with Crippen LogP contribution in [0.25, 0.3) is 11.0 Å². The number of carboxylic acid groups (broad SMARTS) is 1. The lowest BCUT2D eigenvalue weighted by molar-refractivity contribution is 0.0696. The highest BCUT2D eigenvalue weighted by Gasteiger charge is 2.07. The number of H-pyrrole nitrogens is 1. The predicted octanol–water partition coefficient (Wildman–Crippen LogP) is 1.91. The van der Waals surface area contributed by atoms with E-state index in [0.717, 1.165) is 0 Å². The Morgan fingerprint density at radius 2 is 2.38 bits per heavy atom. The second-order valence-corrected chi connectivity index (χ2v) is 2.97. The van der Waals surface area contributed by atoms with Gasteiger partial charge in [-0.3, -0.25) is 0 Å². The van der Waals surface area contributed by atoms with Crippen molar-refractivity contribution >= 4 is 28.6 Å². The van der Waals surface area contributed by atoms with E-state index in [2.05, 4.69) is 9.97 Å². The van der Waals surface area contributed by atoms with E-state index in [1.807, 2.05) is 0 Å². The average Bonchev–Trinajstić information content (AvgIpc) is 2.47. The van der Waals surface area contributed by atoms with E-state index < -0.39 is 5.97 Å². The van der Waals surface area contributed by atoms with Gasteiger partial charge in [0.1, 0.15) is 5.65 Å². The zero-order chi connectivity index (χ0) is 9.42. The van der Waals surface area contributed by atoms with Crippen LogP contribution in [-0.2, 0) is 0 Å². The maximum absolute atomic E-state index is 10.6. The first-order valence-corrected chi connectivity index (χ1v) is 3.92. The van der Waals surface area contributed by atoms with Crippen molar-refractivity contribution in [3.8, 4) is 0 Å². The van der Waals surface area contributed by atoms with Crippen LogP contribution < -0.4 is 0 Å². The fourth-order valence-corrected chi connectivity index (χ4v) is 1.29. The first-order valence-electron chi connectivity index (χ1n) is 3.54. The van der Waals surface area contributed by atoms with Crippen LogP contribution in [0.2, 0.25) is 5.02 Å². The number of rotatable bonds is 1. The van der Waals surface area contributed by atoms with Crippen LogP contribution in [0.4, 0.5) is 0 Å². The van der Waals surface area contributed by atoms with E-state index in [-0.39, 0.29) is 5.56 Å². The lowest BCUT2D eigenvalue weighted by Crippen LogP contribution is -1.96. The molecule has 0 amide bonds. The second kappa shape index (κ2) is 2.74. The molecule has 66 valence electrons. The Morgan fingerprint density at radius 1 is 1.62 bits per heavy atom. The predicted molar refractivity (Wildman–Crippen MR) is 48.1 cm³/mol. The Labute approximate surface area is 78.2 Å². The Kier molecular flexibility index (Phi) is 1.70. The molecule has 0 unspecified atom stereocenters. The number of fused-ring (bicyclic) bond motifs is 1. The van der Waals surface area contributed by atoms with E-state index in [0.29, 0.717) is 16.1 Å². The highest BCUT2D eigenvalue weighted by Crippen LogP contribution is 2.21. The monoisotopic (exact) mass is 196 g/mol. The van der Waals surface area contributed by atoms with Gasteiger partial charge in [0, 0.05) is 17.8 Å². The lowest BCUT2D eigenvalue weighted by atomic mass is 10.2. The third kappa shape index (κ3) is 1.25. The van der Waals surface area contributed by atoms with Gasteiger partial charge in [0.15, 0.2) is 0 Å². The molecular weight excluding hydrogens is 192 g/mol. The summed E-state index contributed by atoms with van der Waals surface area (Å²) in [4.78, 5) is 17.3. The minimum absolute atomic E-state index is 0.133. The molecule has 5 heteroatoms. The van der Waals surface area contributed by atoms with Crippen LogP contribution in [-0.4, -0.2) is 21.0 Å². The molecule has 0 aliphatic rings. The fraction of sp³-hybridized carbons (Fsp3) is 0. The standard InChI is InChI=1S/C8H5ClN2O2/c9-6-3-11-7-5(6)1-4(2-10-7)8(12)13/h1-3H,(H,10,11)(H,12,13). The average molecular weight is 197 g/mol. The molecule has 0 spiro atoms. The maximum atomic E-state index is 10.6. The van der Waals surface area contributed by atoms with Crippen LogP contribution in [0.15, 0.2) is 18.5 Å². The molecule has 0 fully saturated rings. The maximum Gasteiger partial charge on any atom is 0.337 e. The Bertz CT molecular complexity index is 478. The van der Waals surface area contributed by atoms with E-state index >= 15 is 0 Å². The molecule has 0 aliphatic heterocycles. The lowest BCUT2D eigenvalue weighted by Gasteiger charge is -1.93. The van der Waals surface area contributed by atoms with E-state index in [4.69, 9.17) is 16.7 Å². The first-order chi connectivity index (χ1) is 6.18. The highest BCUT2D eigenvalue weighted by atomic mass is 35.5. The molecule has 0 aliphatic carbocycles. The number of hydrogen-bond donors (Lipinski definition) is 2. The zero-order valence-electron chi connectivity index (χ0n) is 6.41. The zero-order valence-corrected chi connectivity index (χ0v) is 7.17. The van der Waals surface area contributed by atoms with Crippen molar-refractivity contribution in [2.24, 2.45) is 0 Å². The van der Waals surface area contributed by atoms with Gasteiger partial charge in [0.2, 0.25) is 0 Å². The number of aromatic carboxylic acids is 1. The van der Waals surface area contributed by atoms with Crippen LogP contribution in [0.3, 0.4) is 0 Å². The van der Waals surface area contributed by atoms with Crippen molar-refractivity contribution in [1.29, 1.82) is 0 Å². The number of pyridine rings is 1. The van der Waals surface area contributed by atoms with Crippen molar-refractivity contribution < 1.29 is 9.90 Å². The number of halogens is 1. The number of carbonyl (C=O) groups is 1. The summed E-state index contributed by atoms with van der Waals surface area (Å²) in [6.07, 6.45) is 2.86. The van der Waals surface area contributed by atoms with Crippen molar-refractivity contribution in [2.75, 3.05) is 0 Å². The van der Waals surface area contributed by atoms with Gasteiger partial charge >= 0.3 is 5.97 Å². The first kappa shape index (κ1) is 8.07. The molecule has 0 bridgehead atoms. The van der Waals surface area contributed by atoms with Gasteiger partial charge in [-0.1, -0.05) is 11.6 Å². The molecule has 2 rings (SSSR count). The largest absolute Gasteiger partial charge is 0.478 e. The van der Waals surface area contributed by atoms with Crippen molar-refractivity contribution in [2.45, 2.75) is 0 Å². The molecule has 0 atom stereocenters. The number of carboxylic acids is 1. The summed E-state index contributed by atoms with van der Waals surface area (Å²) < 4.78 is 0. The number of nitrogens with one attached hydrogen (secondary N) is 1. The van der Waals surface area contributed by atoms with E-state index in [1.54, 1.807) is 6.20 Å². The highest BCUT2D eigenvalue weighted by molar-refractivity contribution is 6.35. The van der Waals surface area contributed by atoms with Gasteiger partial charge < -0.3 is 10.1 Å². The Hall–Kier alpha value is -1.55. The Balaban J connectivity index is 2.72. The molecule has 2 aromatic heterocycles. The van der Waals surface area contributed by atoms with Gasteiger partial charge in [0.25, 0.3) is 0 Å². The number of hydrogen-bond acceptors (Lipinski definition) is 2. The van der Waals surface area contributed by atoms with Crippen molar-refractivity contribution in [3.05, 3.63) is 29.0 Å². The van der Waals surface area contributed by atoms with Crippen LogP contribution in [0, 0.1) is 0 Å². The van der Waals surface area contributed by atoms with Gasteiger partial charge in [-0.2, -0.15) is 0 Å². The van der Waals surface area contributed by atoms with Crippen LogP contribution in [0.1, 0.15) is 10.4 Å². The van der Waals surface area contributed by atoms with Gasteiger partial charge in [-0.25, -0.2) is 9.78 Å². The molecule has 0 saturated heterocycles. The molecule has 0 aromatic carbocycles. The van der Waals surface area contributed by atoms with Crippen LogP contribution in [0.5, 0.6) is 0 Å². The summed E-state index contributed by atoms with van der Waals surface area (Å²) in [7, 11) is 0. The molecule has 4 nitrogen and oxygen atoms in total. The van der Waals surface area contributed by atoms with Crippen molar-refractivity contribution in [3.63, 3.8) is 0 Å². The topological polar surface area (TPSA) is 66.0 Å². The Morgan fingerprint density at radius 3 is 3.08 bits per heavy atom. The van der Waals surface area contributed by atoms with E-state index in [1.165, 1.54) is 12.3 Å². The summed E-state index contributed by atoms with van der Waals surface area (Å²) >= 11 is 5.79. The summed E-state index contributed by atoms with van der Waals surface area (Å²) in [6.45, 7) is 0. The van der Waals surface area contributed by atoms with E-state index in [9.17, 15) is 4.79 Å². The number of aromatic nitrogens is 2. The molecule has 2 heterocycles. The number of nitrogens with zero attached hydrogens (tertiary/aromatic N) is 1. The normalized spacial score (nSPS) is 10.5.